The van der Waals surface area contributed by atoms with Gasteiger partial charge in [-0.15, -0.1) is 0 Å². The molecule has 0 atom stereocenters. The minimum atomic E-state index is -0.185. The van der Waals surface area contributed by atoms with Crippen molar-refractivity contribution in [2.24, 2.45) is 9.98 Å². The lowest BCUT2D eigenvalue weighted by molar-refractivity contribution is 0.00484. The minimum Gasteiger partial charge on any atom is -0.491 e. The van der Waals surface area contributed by atoms with E-state index in [1.165, 1.54) is 22.3 Å². The molecule has 0 N–H and O–H groups in total. The summed E-state index contributed by atoms with van der Waals surface area (Å²) in [4.78, 5) is 9.87. The van der Waals surface area contributed by atoms with Crippen molar-refractivity contribution >= 4 is 11.4 Å². The van der Waals surface area contributed by atoms with E-state index < -0.39 is 0 Å². The molecule has 3 aliphatic rings. The van der Waals surface area contributed by atoms with Crippen molar-refractivity contribution in [2.75, 3.05) is 106 Å². The third kappa shape index (κ3) is 16.4. The predicted octanol–water partition coefficient (Wildman–Crippen LogP) is 12.1. The van der Waals surface area contributed by atoms with Crippen LogP contribution in [-0.2, 0) is 71.0 Å². The van der Waals surface area contributed by atoms with Crippen LogP contribution >= 0.6 is 0 Å². The number of hydrogen-bond donors (Lipinski definition) is 0. The number of hydrogen-bond acceptors (Lipinski definition) is 11. The van der Waals surface area contributed by atoms with E-state index in [0.717, 1.165) is 78.9 Å². The van der Waals surface area contributed by atoms with Gasteiger partial charge in [0.05, 0.1) is 79.2 Å². The van der Waals surface area contributed by atoms with E-state index in [0.29, 0.717) is 131 Å². The van der Waals surface area contributed by atoms with E-state index in [1.807, 2.05) is 13.8 Å². The van der Waals surface area contributed by atoms with Gasteiger partial charge in [-0.05, 0) is 102 Å². The summed E-state index contributed by atoms with van der Waals surface area (Å²) in [6.07, 6.45) is 2.22. The smallest absolute Gasteiger partial charge is 0.126 e. The highest BCUT2D eigenvalue weighted by Gasteiger charge is 2.30. The van der Waals surface area contributed by atoms with E-state index in [4.69, 9.17) is 52.6 Å². The maximum Gasteiger partial charge on any atom is 0.126 e. The van der Waals surface area contributed by atoms with Gasteiger partial charge in [0.2, 0.25) is 0 Å². The first-order chi connectivity index (χ1) is 35.5. The van der Waals surface area contributed by atoms with Crippen molar-refractivity contribution in [3.8, 4) is 23.0 Å². The normalized spacial score (nSPS) is 18.1. The largest absolute Gasteiger partial charge is 0.491 e. The van der Waals surface area contributed by atoms with E-state index >= 15 is 0 Å². The Bertz CT molecular complexity index is 2350. The Balaban J connectivity index is 1.62. The molecule has 4 aromatic carbocycles. The second-order valence-corrected chi connectivity index (χ2v) is 24.8. The monoisotopic (exact) mass is 1030 g/mol. The molecule has 0 aromatic heterocycles. The Hall–Kier alpha value is -4.78. The summed E-state index contributed by atoms with van der Waals surface area (Å²) in [6, 6.07) is 18.9. The van der Waals surface area contributed by atoms with E-state index in [9.17, 15) is 0 Å². The molecule has 0 radical (unpaired) electrons. The van der Waals surface area contributed by atoms with Crippen LogP contribution in [0.5, 0.6) is 23.0 Å². The van der Waals surface area contributed by atoms with Crippen LogP contribution in [0, 0.1) is 0 Å². The Kier molecular flexibility index (Phi) is 19.8. The van der Waals surface area contributed by atoms with Gasteiger partial charge in [0.15, 0.2) is 0 Å². The van der Waals surface area contributed by atoms with Gasteiger partial charge >= 0.3 is 0 Å². The van der Waals surface area contributed by atoms with Crippen molar-refractivity contribution < 1.29 is 42.6 Å². The minimum absolute atomic E-state index is 0.184. The Morgan fingerprint density at radius 3 is 0.747 bits per heavy atom. The zero-order valence-electron chi connectivity index (χ0n) is 48.3. The van der Waals surface area contributed by atoms with Gasteiger partial charge in [0.1, 0.15) is 49.4 Å². The summed E-state index contributed by atoms with van der Waals surface area (Å²) in [7, 11) is 0. The van der Waals surface area contributed by atoms with Crippen molar-refractivity contribution in [1.82, 2.24) is 0 Å². The standard InChI is InChI=1S/C64H90N2O9/c1-43-41-74-59-49-29-45-33-53(61(3,4)5)35-47-31-51-39-56(64(12,13)14)40-52(60(51)75-42-44(2)66-16-18-68-20-19-67-17-15-65-43)32-48-36-54(62(6,7)8)34-46(30-50(59)38-55(37-49)63(9,10)11)58(48)73-28-26-71-24-22-69-21-23-70-25-27-72-57(45)47/h33-40H,15-32,41-42H2,1-14H3. The first kappa shape index (κ1) is 57.9. The molecule has 2 aliphatic heterocycles. The summed E-state index contributed by atoms with van der Waals surface area (Å²) in [6.45, 7) is 38.6. The van der Waals surface area contributed by atoms with Crippen LogP contribution < -0.4 is 18.9 Å². The second-order valence-electron chi connectivity index (χ2n) is 24.8. The topological polar surface area (TPSA) is 108 Å². The molecular weight excluding hydrogens is 941 g/mol. The molecule has 75 heavy (non-hydrogen) atoms. The molecular formula is C64H90N2O9. The molecule has 12 bridgehead atoms. The SMILES string of the molecule is CC1=NCCOCCOCCN=C(C)COc2c3cc(C(C)(C)C)cc2Cc2cc(C(C)(C)C)cc4c2OCCOCCOCCOCCOc2c(cc(C(C)(C)C)cc2C3)Cc2cc(C(C)(C)C)cc(c2OC1)C4. The fraction of sp³-hybridized carbons (Fsp3) is 0.594. The number of ether oxygens (including phenoxy) is 9. The van der Waals surface area contributed by atoms with Gasteiger partial charge in [-0.1, -0.05) is 132 Å². The van der Waals surface area contributed by atoms with Crippen molar-refractivity contribution in [3.05, 3.63) is 115 Å². The summed E-state index contributed by atoms with van der Waals surface area (Å²) >= 11 is 0. The molecule has 0 unspecified atom stereocenters. The van der Waals surface area contributed by atoms with Crippen LogP contribution in [0.25, 0.3) is 0 Å². The van der Waals surface area contributed by atoms with Crippen LogP contribution in [0.3, 0.4) is 0 Å². The van der Waals surface area contributed by atoms with Crippen LogP contribution in [-0.4, -0.2) is 117 Å². The Labute approximate surface area is 450 Å². The average molecular weight is 1030 g/mol. The Morgan fingerprint density at radius 1 is 0.293 bits per heavy atom. The molecule has 0 saturated carbocycles. The van der Waals surface area contributed by atoms with Crippen LogP contribution in [0.1, 0.15) is 164 Å². The number of benzene rings is 4. The zero-order valence-corrected chi connectivity index (χ0v) is 48.3. The van der Waals surface area contributed by atoms with E-state index in [2.05, 4.69) is 132 Å². The van der Waals surface area contributed by atoms with Gasteiger partial charge in [-0.3, -0.25) is 9.98 Å². The van der Waals surface area contributed by atoms with Crippen molar-refractivity contribution in [3.63, 3.8) is 0 Å². The Morgan fingerprint density at radius 2 is 0.507 bits per heavy atom. The van der Waals surface area contributed by atoms with Crippen molar-refractivity contribution in [2.45, 2.75) is 144 Å². The summed E-state index contributed by atoms with van der Waals surface area (Å²) in [5.41, 5.74) is 14.6. The van der Waals surface area contributed by atoms with Crippen LogP contribution in [0.15, 0.2) is 58.5 Å². The van der Waals surface area contributed by atoms with Gasteiger partial charge in [0.25, 0.3) is 0 Å². The molecule has 0 spiro atoms. The molecule has 7 rings (SSSR count). The lowest BCUT2D eigenvalue weighted by Crippen LogP contribution is -2.20. The molecule has 0 saturated heterocycles. The third-order valence-corrected chi connectivity index (χ3v) is 14.1. The third-order valence-electron chi connectivity index (χ3n) is 14.1. The lowest BCUT2D eigenvalue weighted by atomic mass is 9.79. The molecule has 2 heterocycles. The van der Waals surface area contributed by atoms with Crippen LogP contribution in [0.2, 0.25) is 0 Å². The second kappa shape index (κ2) is 25.6. The maximum absolute atomic E-state index is 7.21. The van der Waals surface area contributed by atoms with Gasteiger partial charge in [-0.25, -0.2) is 0 Å². The zero-order chi connectivity index (χ0) is 54.0. The molecule has 1 aliphatic carbocycles. The van der Waals surface area contributed by atoms with Gasteiger partial charge in [-0.2, -0.15) is 0 Å². The predicted molar refractivity (Wildman–Crippen MR) is 304 cm³/mol. The van der Waals surface area contributed by atoms with Gasteiger partial charge < -0.3 is 42.6 Å². The molecule has 11 nitrogen and oxygen atoms in total. The highest BCUT2D eigenvalue weighted by molar-refractivity contribution is 5.84. The first-order valence-corrected chi connectivity index (χ1v) is 27.6. The molecule has 410 valence electrons. The molecule has 4 aromatic rings. The van der Waals surface area contributed by atoms with Crippen molar-refractivity contribution in [1.29, 1.82) is 0 Å². The fourth-order valence-corrected chi connectivity index (χ4v) is 9.68. The number of rotatable bonds is 0. The highest BCUT2D eigenvalue weighted by Crippen LogP contribution is 2.44. The fourth-order valence-electron chi connectivity index (χ4n) is 9.68. The number of aliphatic imine (C=N–C) groups is 2. The maximum atomic E-state index is 7.21. The number of nitrogens with zero attached hydrogens (tertiary/aromatic N) is 2. The lowest BCUT2D eigenvalue weighted by Gasteiger charge is -2.29. The molecule has 0 amide bonds. The average Bonchev–Trinajstić information content (AvgIpc) is 3.31. The van der Waals surface area contributed by atoms with E-state index in [1.54, 1.807) is 0 Å². The molecule has 11 heteroatoms. The van der Waals surface area contributed by atoms with E-state index in [-0.39, 0.29) is 21.7 Å². The van der Waals surface area contributed by atoms with Gasteiger partial charge in [0, 0.05) is 37.1 Å². The summed E-state index contributed by atoms with van der Waals surface area (Å²) < 4.78 is 58.8. The highest BCUT2D eigenvalue weighted by atomic mass is 16.6. The van der Waals surface area contributed by atoms with Crippen LogP contribution in [0.4, 0.5) is 0 Å². The first-order valence-electron chi connectivity index (χ1n) is 27.6. The summed E-state index contributed by atoms with van der Waals surface area (Å²) in [5.74, 6) is 3.42. The molecule has 0 fully saturated rings. The quantitative estimate of drug-likeness (QED) is 0.150. The summed E-state index contributed by atoms with van der Waals surface area (Å²) in [5, 5.41) is 0.